The molecule has 1 aliphatic rings. The first-order valence-corrected chi connectivity index (χ1v) is 22.2. The first-order valence-electron chi connectivity index (χ1n) is 22.2. The second-order valence-corrected chi connectivity index (χ2v) is 15.2. The minimum Gasteiger partial charge on any atom is -0.462 e. The van der Waals surface area contributed by atoms with E-state index in [0.717, 1.165) is 70.6 Å². The van der Waals surface area contributed by atoms with Gasteiger partial charge in [-0.2, -0.15) is 0 Å². The van der Waals surface area contributed by atoms with Crippen LogP contribution in [0.15, 0.2) is 30.0 Å². The number of hydrogen-bond acceptors (Lipinski definition) is 10. The first kappa shape index (κ1) is 51.0. The lowest BCUT2D eigenvalue weighted by Gasteiger charge is -2.39. The Morgan fingerprint density at radius 2 is 1.07 bits per heavy atom. The maximum atomic E-state index is 12.7. The number of rotatable bonds is 36. The van der Waals surface area contributed by atoms with E-state index in [0.29, 0.717) is 12.8 Å². The molecule has 1 heterocycles. The van der Waals surface area contributed by atoms with Crippen molar-refractivity contribution >= 4 is 11.9 Å². The quantitative estimate of drug-likeness (QED) is 0.0210. The summed E-state index contributed by atoms with van der Waals surface area (Å²) in [5.41, 5.74) is 3.29. The fourth-order valence-corrected chi connectivity index (χ4v) is 6.51. The Bertz CT molecular complexity index is 1010. The van der Waals surface area contributed by atoms with Gasteiger partial charge in [-0.3, -0.25) is 9.59 Å². The number of esters is 2. The highest BCUT2D eigenvalue weighted by molar-refractivity contribution is 5.70. The van der Waals surface area contributed by atoms with Crippen molar-refractivity contribution in [2.24, 2.45) is 0 Å². The molecule has 0 saturated carbocycles. The summed E-state index contributed by atoms with van der Waals surface area (Å²) in [6, 6.07) is 0. The lowest BCUT2D eigenvalue weighted by atomic mass is 9.99. The van der Waals surface area contributed by atoms with Gasteiger partial charge in [0.2, 0.25) is 0 Å². The lowest BCUT2D eigenvalue weighted by Crippen LogP contribution is -2.59. The van der Waals surface area contributed by atoms with Gasteiger partial charge in [0.05, 0.1) is 13.2 Å². The number of ether oxygens (including phenoxy) is 4. The van der Waals surface area contributed by atoms with Gasteiger partial charge < -0.3 is 39.4 Å². The fraction of sp³-hybridized carbons (Fsp3) is 0.844. The van der Waals surface area contributed by atoms with Crippen LogP contribution in [0.4, 0.5) is 0 Å². The molecule has 0 amide bonds. The monoisotopic (exact) mass is 781 g/mol. The molecule has 4 N–H and O–H groups in total. The average Bonchev–Trinajstić information content (AvgIpc) is 3.18. The third kappa shape index (κ3) is 28.1. The van der Waals surface area contributed by atoms with Crippen molar-refractivity contribution < 1.29 is 49.0 Å². The Morgan fingerprint density at radius 3 is 1.60 bits per heavy atom. The van der Waals surface area contributed by atoms with Crippen LogP contribution in [0, 0.1) is 0 Å². The van der Waals surface area contributed by atoms with Crippen molar-refractivity contribution in [3.05, 3.63) is 30.0 Å². The van der Waals surface area contributed by atoms with Crippen LogP contribution in [0.3, 0.4) is 0 Å². The summed E-state index contributed by atoms with van der Waals surface area (Å²) < 4.78 is 22.1. The molecule has 0 aromatic carbocycles. The number of aliphatic hydroxyl groups is 4. The molecule has 10 heteroatoms. The largest absolute Gasteiger partial charge is 0.462 e. The summed E-state index contributed by atoms with van der Waals surface area (Å²) in [6.45, 7) is 3.37. The number of carbonyl (C=O) groups excluding carboxylic acids is 2. The Balaban J connectivity index is 2.37. The summed E-state index contributed by atoms with van der Waals surface area (Å²) in [5.74, 6) is -0.835. The van der Waals surface area contributed by atoms with Gasteiger partial charge >= 0.3 is 11.9 Å². The second-order valence-electron chi connectivity index (χ2n) is 15.2. The molecule has 1 aliphatic heterocycles. The molecule has 320 valence electrons. The highest BCUT2D eigenvalue weighted by Gasteiger charge is 2.44. The van der Waals surface area contributed by atoms with Crippen LogP contribution in [0.2, 0.25) is 0 Å². The minimum atomic E-state index is -1.60. The molecule has 1 fully saturated rings. The zero-order valence-corrected chi connectivity index (χ0v) is 34.7. The molecule has 0 aromatic heterocycles. The summed E-state index contributed by atoms with van der Waals surface area (Å²) >= 11 is 0. The Morgan fingerprint density at radius 1 is 0.600 bits per heavy atom. The smallest absolute Gasteiger partial charge is 0.306 e. The van der Waals surface area contributed by atoms with E-state index in [2.05, 4.69) is 43.9 Å². The SMILES string of the molecule is CCCCCCCC=C=CCCCCCCCC(=O)O[C@@H](COC(=O)CCCCCCC/C=C/CCCCCCCC)CO[C@H]1O[C@@H](CO)[C@@H](O)C(O)C1O. The summed E-state index contributed by atoms with van der Waals surface area (Å²) in [7, 11) is 0. The number of allylic oxidation sites excluding steroid dienone is 3. The predicted octanol–water partition coefficient (Wildman–Crippen LogP) is 9.10. The van der Waals surface area contributed by atoms with Crippen LogP contribution in [-0.2, 0) is 28.5 Å². The van der Waals surface area contributed by atoms with Gasteiger partial charge in [-0.05, 0) is 76.4 Å². The molecule has 6 atom stereocenters. The van der Waals surface area contributed by atoms with Crippen molar-refractivity contribution in [2.75, 3.05) is 19.8 Å². The topological polar surface area (TPSA) is 152 Å². The van der Waals surface area contributed by atoms with Crippen molar-refractivity contribution in [2.45, 2.75) is 224 Å². The van der Waals surface area contributed by atoms with E-state index in [4.69, 9.17) is 18.9 Å². The van der Waals surface area contributed by atoms with Gasteiger partial charge in [-0.25, -0.2) is 0 Å². The lowest BCUT2D eigenvalue weighted by molar-refractivity contribution is -0.305. The first-order chi connectivity index (χ1) is 26.8. The van der Waals surface area contributed by atoms with Crippen LogP contribution >= 0.6 is 0 Å². The van der Waals surface area contributed by atoms with Gasteiger partial charge in [0.15, 0.2) is 12.4 Å². The summed E-state index contributed by atoms with van der Waals surface area (Å²) in [6.07, 6.45) is 29.6. The maximum Gasteiger partial charge on any atom is 0.306 e. The van der Waals surface area contributed by atoms with E-state index >= 15 is 0 Å². The molecule has 1 rings (SSSR count). The molecule has 0 spiro atoms. The molecule has 0 radical (unpaired) electrons. The Hall–Kier alpha value is -2.04. The van der Waals surface area contributed by atoms with E-state index < -0.39 is 49.4 Å². The average molecular weight is 781 g/mol. The van der Waals surface area contributed by atoms with E-state index in [1.54, 1.807) is 0 Å². The molecule has 55 heavy (non-hydrogen) atoms. The van der Waals surface area contributed by atoms with Crippen LogP contribution in [-0.4, -0.2) is 89.0 Å². The Labute approximate surface area is 334 Å². The van der Waals surface area contributed by atoms with Gasteiger partial charge in [0.1, 0.15) is 31.0 Å². The third-order valence-electron chi connectivity index (χ3n) is 10.1. The van der Waals surface area contributed by atoms with Gasteiger partial charge in [0.25, 0.3) is 0 Å². The van der Waals surface area contributed by atoms with Crippen molar-refractivity contribution in [3.8, 4) is 0 Å². The van der Waals surface area contributed by atoms with Crippen LogP contribution < -0.4 is 0 Å². The number of unbranched alkanes of at least 4 members (excludes halogenated alkanes) is 21. The van der Waals surface area contributed by atoms with E-state index in [-0.39, 0.29) is 32.0 Å². The Kier molecular flexibility index (Phi) is 33.7. The van der Waals surface area contributed by atoms with Crippen molar-refractivity contribution in [3.63, 3.8) is 0 Å². The molecule has 1 saturated heterocycles. The molecule has 0 aliphatic carbocycles. The van der Waals surface area contributed by atoms with Gasteiger partial charge in [-0.15, -0.1) is 5.73 Å². The summed E-state index contributed by atoms with van der Waals surface area (Å²) in [4.78, 5) is 25.3. The van der Waals surface area contributed by atoms with Crippen molar-refractivity contribution in [1.29, 1.82) is 0 Å². The van der Waals surface area contributed by atoms with Crippen LogP contribution in [0.1, 0.15) is 187 Å². The number of aliphatic hydroxyl groups excluding tert-OH is 4. The van der Waals surface area contributed by atoms with Crippen LogP contribution in [0.5, 0.6) is 0 Å². The van der Waals surface area contributed by atoms with Gasteiger partial charge in [-0.1, -0.05) is 122 Å². The highest BCUT2D eigenvalue weighted by atomic mass is 16.7. The standard InChI is InChI=1S/C45H80O10/c1-3-5-7-9-11-13-15-17-19-21-23-25-27-29-31-33-40(47)52-36-38(37-53-45-44(51)43(50)42(49)39(35-46)55-45)54-41(48)34-32-30-28-26-24-22-20-18-16-14-12-10-8-6-4-2/h16-17,19-20,38-39,42-46,49-51H,3-15,21-37H2,1-2H3/b19-17+/t18?,38-,39-,42+,43?,44?,45-/m0/s1. The molecule has 2 unspecified atom stereocenters. The predicted molar refractivity (Wildman–Crippen MR) is 218 cm³/mol. The minimum absolute atomic E-state index is 0.209. The normalized spacial score (nSPS) is 20.3. The van der Waals surface area contributed by atoms with Crippen LogP contribution in [0.25, 0.3) is 0 Å². The highest BCUT2D eigenvalue weighted by Crippen LogP contribution is 2.22. The fourth-order valence-electron chi connectivity index (χ4n) is 6.51. The second kappa shape index (κ2) is 36.3. The molecule has 0 aromatic rings. The molecular formula is C45H80O10. The summed E-state index contributed by atoms with van der Waals surface area (Å²) in [5, 5.41) is 40.0. The molecule has 10 nitrogen and oxygen atoms in total. The van der Waals surface area contributed by atoms with E-state index in [1.807, 2.05) is 0 Å². The number of carbonyl (C=O) groups is 2. The third-order valence-corrected chi connectivity index (χ3v) is 10.1. The number of hydrogen-bond donors (Lipinski definition) is 4. The van der Waals surface area contributed by atoms with E-state index in [1.165, 1.54) is 77.0 Å². The van der Waals surface area contributed by atoms with Crippen molar-refractivity contribution in [1.82, 2.24) is 0 Å². The maximum absolute atomic E-state index is 12.7. The zero-order chi connectivity index (χ0) is 40.2. The molecular weight excluding hydrogens is 700 g/mol. The van der Waals surface area contributed by atoms with E-state index in [9.17, 15) is 30.0 Å². The zero-order valence-electron chi connectivity index (χ0n) is 34.7. The molecule has 0 bridgehead atoms. The van der Waals surface area contributed by atoms with Gasteiger partial charge in [0, 0.05) is 12.8 Å².